The van der Waals surface area contributed by atoms with E-state index >= 15 is 0 Å². The minimum Gasteiger partial charge on any atom is -0.478 e. The molecule has 0 spiro atoms. The first kappa shape index (κ1) is 16.4. The highest BCUT2D eigenvalue weighted by molar-refractivity contribution is 7.58. The van der Waals surface area contributed by atoms with Crippen LogP contribution in [0.25, 0.3) is 0 Å². The van der Waals surface area contributed by atoms with Crippen molar-refractivity contribution in [3.63, 3.8) is 0 Å². The average molecular weight is 314 g/mol. The van der Waals surface area contributed by atoms with Gasteiger partial charge in [0.25, 0.3) is 0 Å². The quantitative estimate of drug-likeness (QED) is 0.867. The highest BCUT2D eigenvalue weighted by Crippen LogP contribution is 2.48. The van der Waals surface area contributed by atoms with E-state index in [4.69, 9.17) is 5.26 Å². The van der Waals surface area contributed by atoms with Crippen molar-refractivity contribution in [1.82, 2.24) is 0 Å². The Morgan fingerprint density at radius 3 is 2.59 bits per heavy atom. The molecule has 0 saturated heterocycles. The van der Waals surface area contributed by atoms with Gasteiger partial charge in [0.1, 0.15) is 0 Å². The summed E-state index contributed by atoms with van der Waals surface area (Å²) in [5.41, 5.74) is 3.40. The monoisotopic (exact) mass is 314 g/mol. The molecule has 1 aromatic carbocycles. The van der Waals surface area contributed by atoms with Gasteiger partial charge in [-0.2, -0.15) is 5.26 Å². The Kier molecular flexibility index (Phi) is 4.78. The lowest BCUT2D eigenvalue weighted by molar-refractivity contribution is -0.133. The Morgan fingerprint density at radius 1 is 1.36 bits per heavy atom. The maximum atomic E-state index is 11.8. The molecule has 2 unspecified atom stereocenters. The van der Waals surface area contributed by atoms with Gasteiger partial charge in [0.2, 0.25) is 0 Å². The molecule has 5 heteroatoms. The van der Waals surface area contributed by atoms with Crippen molar-refractivity contribution >= 4 is 19.6 Å². The van der Waals surface area contributed by atoms with Crippen molar-refractivity contribution in [3.8, 4) is 6.07 Å². The third-order valence-electron chi connectivity index (χ3n) is 3.95. The number of nitriles is 1. The van der Waals surface area contributed by atoms with Crippen molar-refractivity contribution < 1.29 is 9.90 Å². The maximum absolute atomic E-state index is 11.8. The molecule has 0 fully saturated rings. The summed E-state index contributed by atoms with van der Waals surface area (Å²) in [6, 6.07) is 9.38. The van der Waals surface area contributed by atoms with Crippen LogP contribution in [0.15, 0.2) is 40.5 Å². The van der Waals surface area contributed by atoms with Crippen LogP contribution >= 0.6 is 7.92 Å². The Morgan fingerprint density at radius 2 is 2.05 bits per heavy atom. The van der Waals surface area contributed by atoms with Crippen molar-refractivity contribution in [2.45, 2.75) is 25.4 Å². The number of rotatable bonds is 3. The number of allylic oxidation sites excluding steroid dienone is 1. The fourth-order valence-corrected chi connectivity index (χ4v) is 4.85. The highest BCUT2D eigenvalue weighted by Gasteiger charge is 2.38. The van der Waals surface area contributed by atoms with Gasteiger partial charge in [-0.05, 0) is 44.9 Å². The third kappa shape index (κ3) is 2.96. The molecular weight excluding hydrogens is 295 g/mol. The minimum absolute atomic E-state index is 0.0822. The fraction of sp³-hybridized carbons (Fsp3) is 0.353. The van der Waals surface area contributed by atoms with E-state index in [1.54, 1.807) is 19.1 Å². The van der Waals surface area contributed by atoms with Crippen LogP contribution in [0, 0.1) is 11.3 Å². The van der Waals surface area contributed by atoms with Gasteiger partial charge in [-0.1, -0.05) is 12.1 Å². The van der Waals surface area contributed by atoms with Crippen molar-refractivity contribution in [1.29, 1.82) is 5.26 Å². The van der Waals surface area contributed by atoms with E-state index in [0.717, 1.165) is 11.3 Å². The first-order chi connectivity index (χ1) is 10.4. The minimum atomic E-state index is -0.928. The molecule has 0 aromatic heterocycles. The molecule has 1 aromatic rings. The second-order valence-electron chi connectivity index (χ2n) is 5.68. The van der Waals surface area contributed by atoms with E-state index in [9.17, 15) is 9.90 Å². The van der Waals surface area contributed by atoms with Crippen molar-refractivity contribution in [2.75, 3.05) is 13.3 Å². The summed E-state index contributed by atoms with van der Waals surface area (Å²) in [7, 11) is -0.416. The zero-order chi connectivity index (χ0) is 16.4. The van der Waals surface area contributed by atoms with Crippen molar-refractivity contribution in [3.05, 3.63) is 46.7 Å². The molecule has 114 valence electrons. The van der Waals surface area contributed by atoms with E-state index in [1.807, 2.05) is 19.1 Å². The van der Waals surface area contributed by atoms with Crippen LogP contribution in [0.4, 0.5) is 0 Å². The van der Waals surface area contributed by atoms with Gasteiger partial charge in [-0.3, -0.25) is 4.99 Å². The number of carboxylic acid groups (broad SMARTS) is 1. The maximum Gasteiger partial charge on any atom is 0.334 e. The first-order valence-electron chi connectivity index (χ1n) is 7.02. The first-order valence-corrected chi connectivity index (χ1v) is 9.33. The van der Waals surface area contributed by atoms with Crippen molar-refractivity contribution in [2.24, 2.45) is 4.99 Å². The molecule has 4 nitrogen and oxygen atoms in total. The zero-order valence-corrected chi connectivity index (χ0v) is 14.1. The largest absolute Gasteiger partial charge is 0.478 e. The molecule has 1 aliphatic heterocycles. The van der Waals surface area contributed by atoms with Gasteiger partial charge in [-0.15, -0.1) is 7.92 Å². The van der Waals surface area contributed by atoms with Crippen LogP contribution in [-0.2, 0) is 4.79 Å². The predicted molar refractivity (Wildman–Crippen MR) is 89.9 cm³/mol. The number of carboxylic acids is 1. The lowest BCUT2D eigenvalue weighted by Crippen LogP contribution is -2.32. The second kappa shape index (κ2) is 6.42. The molecule has 0 radical (unpaired) electrons. The number of nitrogens with zero attached hydrogens (tertiary/aromatic N) is 2. The topological polar surface area (TPSA) is 73.4 Å². The van der Waals surface area contributed by atoms with Crippen LogP contribution in [0.5, 0.6) is 0 Å². The lowest BCUT2D eigenvalue weighted by atomic mass is 9.83. The Bertz CT molecular complexity index is 714. The van der Waals surface area contributed by atoms with Gasteiger partial charge in [0.15, 0.2) is 0 Å². The van der Waals surface area contributed by atoms with Gasteiger partial charge in [-0.25, -0.2) is 4.79 Å². The summed E-state index contributed by atoms with van der Waals surface area (Å²) in [6.45, 7) is 7.99. The summed E-state index contributed by atoms with van der Waals surface area (Å²) in [4.78, 5) is 16.3. The Balaban J connectivity index is 2.67. The highest BCUT2D eigenvalue weighted by atomic mass is 31.1. The van der Waals surface area contributed by atoms with E-state index in [2.05, 4.69) is 24.4 Å². The lowest BCUT2D eigenvalue weighted by Gasteiger charge is -2.35. The molecule has 1 aliphatic rings. The molecule has 0 saturated carbocycles. The van der Waals surface area contributed by atoms with E-state index in [1.165, 1.54) is 0 Å². The smallest absolute Gasteiger partial charge is 0.334 e. The molecule has 0 aliphatic carbocycles. The molecule has 1 heterocycles. The Labute approximate surface area is 131 Å². The molecule has 0 amide bonds. The number of hydrogen-bond donors (Lipinski definition) is 1. The van der Waals surface area contributed by atoms with E-state index in [-0.39, 0.29) is 11.6 Å². The molecule has 22 heavy (non-hydrogen) atoms. The average Bonchev–Trinajstić information content (AvgIpc) is 2.45. The molecular formula is C17H19N2O2P. The van der Waals surface area contributed by atoms with Gasteiger partial charge < -0.3 is 5.11 Å². The number of benzene rings is 1. The summed E-state index contributed by atoms with van der Waals surface area (Å²) >= 11 is 0. The number of aliphatic imine (C=N–C) groups is 1. The zero-order valence-electron chi connectivity index (χ0n) is 13.2. The van der Waals surface area contributed by atoms with E-state index in [0.29, 0.717) is 16.8 Å². The summed E-state index contributed by atoms with van der Waals surface area (Å²) in [6.07, 6.45) is 0. The number of carbonyl (C=O) groups is 1. The molecule has 2 rings (SSSR count). The fourth-order valence-electron chi connectivity index (χ4n) is 3.13. The standard InChI is InChI=1S/C17H19N2O2P/c1-10-14(17(20)21)15(16(22(3)4)11(2)19-10)13-7-5-6-12(8-13)9-18/h5-8,15-16H,1-4H3,(H,20,21). The summed E-state index contributed by atoms with van der Waals surface area (Å²) < 4.78 is 0. The van der Waals surface area contributed by atoms with Gasteiger partial charge >= 0.3 is 5.97 Å². The second-order valence-corrected chi connectivity index (χ2v) is 8.16. The third-order valence-corrected chi connectivity index (χ3v) is 5.73. The number of aliphatic carboxylic acids is 1. The van der Waals surface area contributed by atoms with Crippen LogP contribution < -0.4 is 0 Å². The normalized spacial score (nSPS) is 21.5. The van der Waals surface area contributed by atoms with Gasteiger partial charge in [0.05, 0.1) is 17.2 Å². The van der Waals surface area contributed by atoms with Crippen LogP contribution in [0.2, 0.25) is 0 Å². The molecule has 0 bridgehead atoms. The Hall–Kier alpha value is -1.98. The summed E-state index contributed by atoms with van der Waals surface area (Å²) in [5, 5.41) is 18.8. The molecule has 1 N–H and O–H groups in total. The van der Waals surface area contributed by atoms with E-state index < -0.39 is 13.9 Å². The molecule has 2 atom stereocenters. The van der Waals surface area contributed by atoms with Crippen LogP contribution in [0.3, 0.4) is 0 Å². The SMILES string of the molecule is CC1=NC(C)=C(C(=O)O)C(c2cccc(C#N)c2)C1P(C)C. The predicted octanol–water partition coefficient (Wildman–Crippen LogP) is 3.59. The van der Waals surface area contributed by atoms with Crippen LogP contribution in [-0.4, -0.2) is 35.8 Å². The van der Waals surface area contributed by atoms with Gasteiger partial charge in [0, 0.05) is 23.0 Å². The van der Waals surface area contributed by atoms with Crippen LogP contribution in [0.1, 0.15) is 30.9 Å². The number of hydrogen-bond acceptors (Lipinski definition) is 3. The summed E-state index contributed by atoms with van der Waals surface area (Å²) in [5.74, 6) is -1.17.